The lowest BCUT2D eigenvalue weighted by atomic mass is 9.66. The van der Waals surface area contributed by atoms with Gasteiger partial charge in [0.2, 0.25) is 11.8 Å². The lowest BCUT2D eigenvalue weighted by molar-refractivity contribution is -0.155. The Morgan fingerprint density at radius 2 is 2.09 bits per heavy atom. The molecule has 3 fully saturated rings. The highest BCUT2D eigenvalue weighted by atomic mass is 35.5. The van der Waals surface area contributed by atoms with Crippen LogP contribution in [-0.2, 0) is 19.1 Å². The number of ether oxygens (including phenoxy) is 1. The van der Waals surface area contributed by atoms with Gasteiger partial charge >= 0.3 is 5.97 Å². The van der Waals surface area contributed by atoms with E-state index in [4.69, 9.17) is 16.3 Å². The summed E-state index contributed by atoms with van der Waals surface area (Å²) in [5.41, 5.74) is 1.33. The van der Waals surface area contributed by atoms with Gasteiger partial charge < -0.3 is 20.1 Å². The fourth-order valence-corrected chi connectivity index (χ4v) is 8.64. The van der Waals surface area contributed by atoms with Crippen LogP contribution in [0, 0.1) is 18.8 Å². The maximum Gasteiger partial charge on any atom is 0.311 e. The van der Waals surface area contributed by atoms with Crippen LogP contribution < -0.4 is 5.32 Å². The smallest absolute Gasteiger partial charge is 0.311 e. The predicted molar refractivity (Wildman–Crippen MR) is 128 cm³/mol. The SMILES string of the molecule is CCOC(=O)[C@@H]1[C@H]2C(=O)N([C@@H](CC)CO)C(C(=O)Nc3c(C)cccc3Cl)C23CC[C@@]1(C)S3. The van der Waals surface area contributed by atoms with Crippen molar-refractivity contribution in [3.05, 3.63) is 28.8 Å². The topological polar surface area (TPSA) is 95.9 Å². The van der Waals surface area contributed by atoms with E-state index in [0.29, 0.717) is 30.0 Å². The molecule has 4 rings (SSSR count). The molecule has 1 aromatic carbocycles. The lowest BCUT2D eigenvalue weighted by Gasteiger charge is -2.36. The number of esters is 1. The average Bonchev–Trinajstić information content (AvgIpc) is 3.33. The van der Waals surface area contributed by atoms with Crippen molar-refractivity contribution in [1.29, 1.82) is 0 Å². The molecule has 3 aliphatic rings. The van der Waals surface area contributed by atoms with Gasteiger partial charge in [0.05, 0.1) is 46.5 Å². The van der Waals surface area contributed by atoms with E-state index in [2.05, 4.69) is 5.32 Å². The van der Waals surface area contributed by atoms with Crippen LogP contribution >= 0.6 is 23.4 Å². The number of fused-ring (bicyclic) bond motifs is 1. The Bertz CT molecular complexity index is 965. The van der Waals surface area contributed by atoms with E-state index in [1.807, 2.05) is 32.9 Å². The summed E-state index contributed by atoms with van der Waals surface area (Å²) in [6.45, 7) is 7.46. The first-order valence-corrected chi connectivity index (χ1v) is 12.7. The maximum absolute atomic E-state index is 13.9. The van der Waals surface area contributed by atoms with Crippen molar-refractivity contribution in [2.24, 2.45) is 11.8 Å². The van der Waals surface area contributed by atoms with Gasteiger partial charge in [0, 0.05) is 4.75 Å². The number of benzene rings is 1. The highest BCUT2D eigenvalue weighted by Gasteiger charge is 2.77. The van der Waals surface area contributed by atoms with Crippen LogP contribution in [0.4, 0.5) is 5.69 Å². The largest absolute Gasteiger partial charge is 0.466 e. The molecule has 2 bridgehead atoms. The second-order valence-corrected chi connectivity index (χ2v) is 11.7. The summed E-state index contributed by atoms with van der Waals surface area (Å²) < 4.78 is 4.15. The van der Waals surface area contributed by atoms with Gasteiger partial charge in [-0.05, 0) is 51.7 Å². The van der Waals surface area contributed by atoms with Gasteiger partial charge in [0.25, 0.3) is 0 Å². The van der Waals surface area contributed by atoms with Crippen molar-refractivity contribution < 1.29 is 24.2 Å². The zero-order valence-corrected chi connectivity index (χ0v) is 21.0. The van der Waals surface area contributed by atoms with Crippen LogP contribution in [0.3, 0.4) is 0 Å². The summed E-state index contributed by atoms with van der Waals surface area (Å²) in [4.78, 5) is 42.3. The lowest BCUT2D eigenvalue weighted by Crippen LogP contribution is -2.54. The van der Waals surface area contributed by atoms with Gasteiger partial charge in [-0.2, -0.15) is 0 Å². The number of hydrogen-bond acceptors (Lipinski definition) is 6. The average molecular weight is 495 g/mol. The highest BCUT2D eigenvalue weighted by Crippen LogP contribution is 2.71. The number of hydrogen-bond donors (Lipinski definition) is 2. The van der Waals surface area contributed by atoms with E-state index in [1.54, 1.807) is 24.8 Å². The number of halogens is 1. The van der Waals surface area contributed by atoms with E-state index in [-0.39, 0.29) is 31.0 Å². The third-order valence-electron chi connectivity index (χ3n) is 7.55. The van der Waals surface area contributed by atoms with Crippen LogP contribution in [0.15, 0.2) is 18.2 Å². The summed E-state index contributed by atoms with van der Waals surface area (Å²) in [5.74, 6) is -2.25. The molecule has 0 radical (unpaired) electrons. The minimum absolute atomic E-state index is 0.234. The number of aliphatic hydroxyl groups is 1. The van der Waals surface area contributed by atoms with E-state index in [9.17, 15) is 19.5 Å². The number of aliphatic hydroxyl groups excluding tert-OH is 1. The molecule has 1 aromatic rings. The van der Waals surface area contributed by atoms with E-state index in [0.717, 1.165) is 5.56 Å². The normalized spacial score (nSPS) is 33.2. The molecule has 2 amide bonds. The van der Waals surface area contributed by atoms with Gasteiger partial charge in [-0.1, -0.05) is 30.7 Å². The number of para-hydroxylation sites is 1. The van der Waals surface area contributed by atoms with Crippen molar-refractivity contribution in [2.75, 3.05) is 18.5 Å². The van der Waals surface area contributed by atoms with Gasteiger partial charge in [-0.3, -0.25) is 14.4 Å². The van der Waals surface area contributed by atoms with Crippen molar-refractivity contribution in [1.82, 2.24) is 4.90 Å². The van der Waals surface area contributed by atoms with Gasteiger partial charge in [0.1, 0.15) is 6.04 Å². The standard InChI is InChI=1S/C24H31ClN2O5S/c1-5-14(12-28)27-19(20(29)26-18-13(3)8-7-9-15(18)25)24-11-10-23(4,33-24)17(16(24)21(27)30)22(31)32-6-2/h7-9,14,16-17,19,28H,5-6,10-12H2,1-4H3,(H,26,29)/t14-,16-,17-,19?,23+,24?/m0/s1. The van der Waals surface area contributed by atoms with Gasteiger partial charge in [-0.15, -0.1) is 11.8 Å². The number of nitrogens with one attached hydrogen (secondary N) is 1. The molecule has 2 N–H and O–H groups in total. The molecule has 3 heterocycles. The first-order chi connectivity index (χ1) is 15.6. The fraction of sp³-hybridized carbons (Fsp3) is 0.625. The molecule has 1 spiro atoms. The molecule has 33 heavy (non-hydrogen) atoms. The number of nitrogens with zero attached hydrogens (tertiary/aromatic N) is 1. The molecule has 3 saturated heterocycles. The quantitative estimate of drug-likeness (QED) is 0.564. The number of carbonyl (C=O) groups excluding carboxylic acids is 3. The molecule has 7 nitrogen and oxygen atoms in total. The summed E-state index contributed by atoms with van der Waals surface area (Å²) >= 11 is 7.95. The first-order valence-electron chi connectivity index (χ1n) is 11.5. The second-order valence-electron chi connectivity index (χ2n) is 9.39. The molecule has 0 saturated carbocycles. The summed E-state index contributed by atoms with van der Waals surface area (Å²) in [7, 11) is 0. The maximum atomic E-state index is 13.9. The number of thioether (sulfide) groups is 1. The molecule has 2 unspecified atom stereocenters. The monoisotopic (exact) mass is 494 g/mol. The number of rotatable bonds is 7. The van der Waals surface area contributed by atoms with Crippen molar-refractivity contribution in [2.45, 2.75) is 68.5 Å². The molecule has 6 atom stereocenters. The highest BCUT2D eigenvalue weighted by molar-refractivity contribution is 8.02. The number of likely N-dealkylation sites (tertiary alicyclic amines) is 1. The Balaban J connectivity index is 1.79. The summed E-state index contributed by atoms with van der Waals surface area (Å²) in [6.07, 6.45) is 1.84. The van der Waals surface area contributed by atoms with Crippen LogP contribution in [-0.4, -0.2) is 62.6 Å². The Kier molecular flexibility index (Phi) is 6.48. The number of carbonyl (C=O) groups is 3. The van der Waals surface area contributed by atoms with Gasteiger partial charge in [-0.25, -0.2) is 0 Å². The Morgan fingerprint density at radius 3 is 2.70 bits per heavy atom. The van der Waals surface area contributed by atoms with Crippen molar-refractivity contribution >= 4 is 46.8 Å². The van der Waals surface area contributed by atoms with Crippen LogP contribution in [0.5, 0.6) is 0 Å². The fourth-order valence-electron chi connectivity index (χ4n) is 6.04. The third-order valence-corrected chi connectivity index (χ3v) is 9.85. The van der Waals surface area contributed by atoms with E-state index in [1.165, 1.54) is 4.90 Å². The first kappa shape index (κ1) is 24.4. The van der Waals surface area contributed by atoms with Crippen LogP contribution in [0.1, 0.15) is 45.6 Å². The summed E-state index contributed by atoms with van der Waals surface area (Å²) in [5, 5.41) is 13.5. The molecule has 9 heteroatoms. The predicted octanol–water partition coefficient (Wildman–Crippen LogP) is 3.40. The Morgan fingerprint density at radius 1 is 1.36 bits per heavy atom. The second kappa shape index (κ2) is 8.78. The van der Waals surface area contributed by atoms with Gasteiger partial charge in [0.15, 0.2) is 0 Å². The molecule has 180 valence electrons. The number of amides is 2. The zero-order valence-electron chi connectivity index (χ0n) is 19.4. The minimum atomic E-state index is -0.825. The minimum Gasteiger partial charge on any atom is -0.466 e. The van der Waals surface area contributed by atoms with Crippen molar-refractivity contribution in [3.8, 4) is 0 Å². The van der Waals surface area contributed by atoms with Crippen LogP contribution in [0.25, 0.3) is 0 Å². The number of anilines is 1. The molecule has 0 aromatic heterocycles. The molecule has 0 aliphatic carbocycles. The number of aryl methyl sites for hydroxylation is 1. The molecular formula is C24H31ClN2O5S. The van der Waals surface area contributed by atoms with E-state index >= 15 is 0 Å². The zero-order chi connectivity index (χ0) is 24.1. The van der Waals surface area contributed by atoms with Crippen molar-refractivity contribution in [3.63, 3.8) is 0 Å². The Labute approximate surface area is 203 Å². The Hall–Kier alpha value is -1.77. The molecular weight excluding hydrogens is 464 g/mol. The van der Waals surface area contributed by atoms with E-state index < -0.39 is 33.4 Å². The third kappa shape index (κ3) is 3.56. The summed E-state index contributed by atoms with van der Waals surface area (Å²) in [6, 6.07) is 4.03. The van der Waals surface area contributed by atoms with Crippen LogP contribution in [0.2, 0.25) is 5.02 Å². The molecule has 3 aliphatic heterocycles.